The minimum atomic E-state index is -0.205. The molecule has 2 aromatic carbocycles. The summed E-state index contributed by atoms with van der Waals surface area (Å²) >= 11 is 0. The van der Waals surface area contributed by atoms with Gasteiger partial charge in [-0.15, -0.1) is 5.10 Å². The monoisotopic (exact) mass is 380 g/mol. The Morgan fingerprint density at radius 3 is 2.75 bits per heavy atom. The molecule has 1 aromatic heterocycles. The fourth-order valence-corrected chi connectivity index (χ4v) is 3.75. The zero-order chi connectivity index (χ0) is 19.5. The molecule has 0 bridgehead atoms. The van der Waals surface area contributed by atoms with Crippen LogP contribution in [0.2, 0.25) is 0 Å². The summed E-state index contributed by atoms with van der Waals surface area (Å²) in [6, 6.07) is 12.2. The third-order valence-electron chi connectivity index (χ3n) is 5.16. The van der Waals surface area contributed by atoms with Gasteiger partial charge in [0, 0.05) is 24.3 Å². The van der Waals surface area contributed by atoms with Gasteiger partial charge in [0.25, 0.3) is 11.9 Å². The highest BCUT2D eigenvalue weighted by Gasteiger charge is 2.25. The number of amides is 1. The second-order valence-electron chi connectivity index (χ2n) is 7.01. The van der Waals surface area contributed by atoms with E-state index in [-0.39, 0.29) is 11.7 Å². The maximum atomic E-state index is 13.4. The van der Waals surface area contributed by atoms with E-state index >= 15 is 0 Å². The van der Waals surface area contributed by atoms with Crippen LogP contribution in [0.5, 0.6) is 0 Å². The molecular formula is C20H21FN6O. The number of hydrogen-bond donors (Lipinski definition) is 2. The smallest absolute Gasteiger partial charge is 0.267 e. The van der Waals surface area contributed by atoms with Gasteiger partial charge < -0.3 is 10.2 Å². The lowest BCUT2D eigenvalue weighted by molar-refractivity contribution is 0.0713. The molecule has 144 valence electrons. The number of halogens is 1. The van der Waals surface area contributed by atoms with E-state index in [0.29, 0.717) is 30.5 Å². The number of tetrazole rings is 1. The SMILES string of the molecule is Cc1cc(F)ccc1C1CCN(C(=O)c2cccc(Nc3nn[nH]n3)c2)CC1. The predicted molar refractivity (Wildman–Crippen MR) is 103 cm³/mol. The lowest BCUT2D eigenvalue weighted by atomic mass is 9.86. The van der Waals surface area contributed by atoms with Crippen LogP contribution < -0.4 is 5.32 Å². The van der Waals surface area contributed by atoms with Crippen LogP contribution in [0, 0.1) is 12.7 Å². The van der Waals surface area contributed by atoms with Crippen molar-refractivity contribution in [1.29, 1.82) is 0 Å². The number of carbonyl (C=O) groups is 1. The number of likely N-dealkylation sites (tertiary alicyclic amines) is 1. The van der Waals surface area contributed by atoms with E-state index in [0.717, 1.165) is 24.1 Å². The molecule has 28 heavy (non-hydrogen) atoms. The lowest BCUT2D eigenvalue weighted by Crippen LogP contribution is -2.38. The molecule has 4 rings (SSSR count). The minimum Gasteiger partial charge on any atom is -0.339 e. The first-order valence-electron chi connectivity index (χ1n) is 9.26. The first-order valence-corrected chi connectivity index (χ1v) is 9.26. The Morgan fingerprint density at radius 2 is 2.04 bits per heavy atom. The van der Waals surface area contributed by atoms with Crippen LogP contribution in [0.25, 0.3) is 0 Å². The molecule has 2 heterocycles. The van der Waals surface area contributed by atoms with Gasteiger partial charge in [-0.1, -0.05) is 17.2 Å². The summed E-state index contributed by atoms with van der Waals surface area (Å²) in [6.45, 7) is 3.31. The molecule has 8 heteroatoms. The zero-order valence-corrected chi connectivity index (χ0v) is 15.5. The molecule has 1 amide bonds. The molecule has 1 aliphatic rings. The molecule has 0 aliphatic carbocycles. The molecule has 0 unspecified atom stereocenters. The van der Waals surface area contributed by atoms with Gasteiger partial charge in [-0.05, 0) is 72.4 Å². The second kappa shape index (κ2) is 7.75. The molecule has 1 saturated heterocycles. The first kappa shape index (κ1) is 18.1. The quantitative estimate of drug-likeness (QED) is 0.724. The Labute approximate surface area is 162 Å². The van der Waals surface area contributed by atoms with Crippen molar-refractivity contribution in [3.05, 3.63) is 65.0 Å². The summed E-state index contributed by atoms with van der Waals surface area (Å²) in [5, 5.41) is 16.6. The van der Waals surface area contributed by atoms with Gasteiger partial charge in [0.1, 0.15) is 5.82 Å². The van der Waals surface area contributed by atoms with Crippen LogP contribution >= 0.6 is 0 Å². The van der Waals surface area contributed by atoms with E-state index in [2.05, 4.69) is 25.9 Å². The number of benzene rings is 2. The number of anilines is 2. The maximum absolute atomic E-state index is 13.4. The standard InChI is InChI=1S/C20H21FN6O/c1-13-11-16(21)5-6-18(13)14-7-9-27(10-8-14)19(28)15-3-2-4-17(12-15)22-20-23-25-26-24-20/h2-6,11-12,14H,7-10H2,1H3,(H2,22,23,24,25,26). The van der Waals surface area contributed by atoms with Gasteiger partial charge in [-0.3, -0.25) is 4.79 Å². The van der Waals surface area contributed by atoms with Gasteiger partial charge in [-0.25, -0.2) is 4.39 Å². The number of H-pyrrole nitrogens is 1. The van der Waals surface area contributed by atoms with E-state index in [9.17, 15) is 9.18 Å². The number of nitrogens with one attached hydrogen (secondary N) is 2. The molecule has 0 atom stereocenters. The molecule has 1 fully saturated rings. The zero-order valence-electron chi connectivity index (χ0n) is 15.5. The van der Waals surface area contributed by atoms with Crippen molar-refractivity contribution in [2.45, 2.75) is 25.7 Å². The third-order valence-corrected chi connectivity index (χ3v) is 5.16. The Morgan fingerprint density at radius 1 is 1.21 bits per heavy atom. The molecule has 1 aliphatic heterocycles. The number of nitrogens with zero attached hydrogens (tertiary/aromatic N) is 4. The van der Waals surface area contributed by atoms with Crippen molar-refractivity contribution in [2.24, 2.45) is 0 Å². The van der Waals surface area contributed by atoms with Gasteiger partial charge in [0.2, 0.25) is 0 Å². The highest BCUT2D eigenvalue weighted by molar-refractivity contribution is 5.95. The summed E-state index contributed by atoms with van der Waals surface area (Å²) < 4.78 is 13.4. The van der Waals surface area contributed by atoms with Gasteiger partial charge in [0.15, 0.2) is 0 Å². The van der Waals surface area contributed by atoms with Gasteiger partial charge >= 0.3 is 0 Å². The van der Waals surface area contributed by atoms with Crippen LogP contribution in [0.3, 0.4) is 0 Å². The molecule has 2 N–H and O–H groups in total. The van der Waals surface area contributed by atoms with Crippen molar-refractivity contribution in [3.63, 3.8) is 0 Å². The van der Waals surface area contributed by atoms with Crippen molar-refractivity contribution in [1.82, 2.24) is 25.5 Å². The fourth-order valence-electron chi connectivity index (χ4n) is 3.75. The average molecular weight is 380 g/mol. The van der Waals surface area contributed by atoms with Gasteiger partial charge in [-0.2, -0.15) is 5.21 Å². The van der Waals surface area contributed by atoms with E-state index in [1.807, 2.05) is 30.0 Å². The van der Waals surface area contributed by atoms with Crippen molar-refractivity contribution in [2.75, 3.05) is 18.4 Å². The Bertz CT molecular complexity index is 967. The number of aryl methyl sites for hydroxylation is 1. The molecule has 3 aromatic rings. The van der Waals surface area contributed by atoms with Crippen LogP contribution in [-0.2, 0) is 0 Å². The molecule has 0 saturated carbocycles. The van der Waals surface area contributed by atoms with E-state index < -0.39 is 0 Å². The topological polar surface area (TPSA) is 86.8 Å². The molecular weight excluding hydrogens is 359 g/mol. The first-order chi connectivity index (χ1) is 13.6. The number of carbonyl (C=O) groups excluding carboxylic acids is 1. The summed E-state index contributed by atoms with van der Waals surface area (Å²) in [6.07, 6.45) is 1.75. The largest absolute Gasteiger partial charge is 0.339 e. The Balaban J connectivity index is 1.41. The lowest BCUT2D eigenvalue weighted by Gasteiger charge is -2.33. The number of piperidine rings is 1. The number of rotatable bonds is 4. The molecule has 0 spiro atoms. The predicted octanol–water partition coefficient (Wildman–Crippen LogP) is 3.41. The summed E-state index contributed by atoms with van der Waals surface area (Å²) in [7, 11) is 0. The minimum absolute atomic E-state index is 0.00559. The normalized spacial score (nSPS) is 14.9. The molecule has 7 nitrogen and oxygen atoms in total. The number of hydrogen-bond acceptors (Lipinski definition) is 5. The van der Waals surface area contributed by atoms with E-state index in [4.69, 9.17) is 0 Å². The van der Waals surface area contributed by atoms with E-state index in [1.54, 1.807) is 18.2 Å². The van der Waals surface area contributed by atoms with Crippen LogP contribution in [0.1, 0.15) is 40.2 Å². The van der Waals surface area contributed by atoms with Crippen LogP contribution in [0.15, 0.2) is 42.5 Å². The van der Waals surface area contributed by atoms with Crippen LogP contribution in [0.4, 0.5) is 16.0 Å². The van der Waals surface area contributed by atoms with Crippen molar-refractivity contribution >= 4 is 17.5 Å². The Hall–Kier alpha value is -3.29. The number of aromatic nitrogens is 4. The second-order valence-corrected chi connectivity index (χ2v) is 7.01. The number of aromatic amines is 1. The van der Waals surface area contributed by atoms with Crippen molar-refractivity contribution in [3.8, 4) is 0 Å². The summed E-state index contributed by atoms with van der Waals surface area (Å²) in [5.41, 5.74) is 3.50. The highest BCUT2D eigenvalue weighted by Crippen LogP contribution is 2.31. The average Bonchev–Trinajstić information content (AvgIpc) is 3.21. The van der Waals surface area contributed by atoms with E-state index in [1.165, 1.54) is 11.6 Å². The molecule has 0 radical (unpaired) electrons. The summed E-state index contributed by atoms with van der Waals surface area (Å²) in [4.78, 5) is 14.8. The highest BCUT2D eigenvalue weighted by atomic mass is 19.1. The van der Waals surface area contributed by atoms with Crippen molar-refractivity contribution < 1.29 is 9.18 Å². The third kappa shape index (κ3) is 3.85. The van der Waals surface area contributed by atoms with Gasteiger partial charge in [0.05, 0.1) is 0 Å². The Kier molecular flexibility index (Phi) is 5.01. The summed E-state index contributed by atoms with van der Waals surface area (Å²) in [5.74, 6) is 0.505. The fraction of sp³-hybridized carbons (Fsp3) is 0.300. The maximum Gasteiger partial charge on any atom is 0.267 e. The van der Waals surface area contributed by atoms with Crippen LogP contribution in [-0.4, -0.2) is 44.5 Å².